The largest absolute Gasteiger partial charge is 0.392 e. The molecule has 0 saturated carbocycles. The van der Waals surface area contributed by atoms with Crippen molar-refractivity contribution in [2.24, 2.45) is 11.3 Å². The zero-order chi connectivity index (χ0) is 12.9. The zero-order valence-electron chi connectivity index (χ0n) is 11.3. The smallest absolute Gasteiger partial charge is 0.0676 e. The lowest BCUT2D eigenvalue weighted by molar-refractivity contribution is -0.116. The minimum Gasteiger partial charge on any atom is -0.392 e. The van der Waals surface area contributed by atoms with Crippen LogP contribution in [0.25, 0.3) is 0 Å². The molecule has 2 unspecified atom stereocenters. The monoisotopic (exact) mass is 258 g/mol. The highest BCUT2D eigenvalue weighted by Crippen LogP contribution is 2.42. The second-order valence-electron chi connectivity index (χ2n) is 6.70. The van der Waals surface area contributed by atoms with Crippen molar-refractivity contribution < 1.29 is 5.11 Å². The van der Waals surface area contributed by atoms with Crippen molar-refractivity contribution in [3.8, 4) is 0 Å². The first-order valence-electron chi connectivity index (χ1n) is 7.42. The minimum absolute atomic E-state index is 0.0546. The van der Waals surface area contributed by atoms with E-state index >= 15 is 0 Å². The van der Waals surface area contributed by atoms with Gasteiger partial charge in [0.2, 0.25) is 0 Å². The van der Waals surface area contributed by atoms with E-state index in [0.29, 0.717) is 5.92 Å². The molecule has 19 heavy (non-hydrogen) atoms. The van der Waals surface area contributed by atoms with E-state index in [-0.39, 0.29) is 11.5 Å². The molecule has 4 heterocycles. The first-order valence-corrected chi connectivity index (χ1v) is 7.42. The lowest BCUT2D eigenvalue weighted by Gasteiger charge is -2.53. The summed E-state index contributed by atoms with van der Waals surface area (Å²) in [5.74, 6) is 0.453. The van der Waals surface area contributed by atoms with E-state index in [2.05, 4.69) is 40.1 Å². The molecule has 5 rings (SSSR count). The van der Waals surface area contributed by atoms with Crippen molar-refractivity contribution in [1.29, 1.82) is 0 Å². The molecule has 4 saturated heterocycles. The fraction of sp³-hybridized carbons (Fsp3) is 0.625. The summed E-state index contributed by atoms with van der Waals surface area (Å²) >= 11 is 0. The van der Waals surface area contributed by atoms with Gasteiger partial charge in [-0.15, -0.1) is 0 Å². The molecule has 0 aromatic heterocycles. The quantitative estimate of drug-likeness (QED) is 0.851. The fourth-order valence-corrected chi connectivity index (χ4v) is 4.52. The van der Waals surface area contributed by atoms with Crippen LogP contribution in [-0.2, 0) is 6.42 Å². The van der Waals surface area contributed by atoms with Crippen LogP contribution in [0.1, 0.15) is 5.56 Å². The Balaban J connectivity index is 1.68. The van der Waals surface area contributed by atoms with Crippen molar-refractivity contribution in [1.82, 2.24) is 9.80 Å². The number of hydrogen-bond acceptors (Lipinski definition) is 3. The summed E-state index contributed by atoms with van der Waals surface area (Å²) in [6, 6.07) is 10.7. The van der Waals surface area contributed by atoms with Crippen molar-refractivity contribution in [3.05, 3.63) is 35.9 Å². The molecule has 4 fully saturated rings. The number of aliphatic hydroxyl groups excluding tert-OH is 1. The molecule has 0 spiro atoms. The molecule has 0 amide bonds. The second kappa shape index (κ2) is 4.30. The lowest BCUT2D eigenvalue weighted by atomic mass is 9.67. The summed E-state index contributed by atoms with van der Waals surface area (Å²) in [5, 5.41) is 10.8. The standard InChI is InChI=1S/C16H22N2O/c19-15-14-9-17-6-7-18(10-14)12-16(15,11-17)8-13-4-2-1-3-5-13/h1-5,14-15,19H,6-12H2/t14?,15-,16?/m0/s1. The Kier molecular flexibility index (Phi) is 2.69. The van der Waals surface area contributed by atoms with E-state index in [9.17, 15) is 5.11 Å². The summed E-state index contributed by atoms with van der Waals surface area (Å²) in [7, 11) is 0. The van der Waals surface area contributed by atoms with Crippen LogP contribution >= 0.6 is 0 Å². The van der Waals surface area contributed by atoms with Crippen LogP contribution in [-0.4, -0.2) is 60.3 Å². The van der Waals surface area contributed by atoms with E-state index in [1.54, 1.807) is 0 Å². The summed E-state index contributed by atoms with van der Waals surface area (Å²) in [6.07, 6.45) is 0.886. The number of aliphatic hydroxyl groups is 1. The number of piperidine rings is 2. The van der Waals surface area contributed by atoms with Crippen molar-refractivity contribution in [2.45, 2.75) is 12.5 Å². The topological polar surface area (TPSA) is 26.7 Å². The molecule has 3 atom stereocenters. The SMILES string of the molecule is O[C@H]1C2CN3CCN(C2)CC1(Cc1ccccc1)C3. The predicted octanol–water partition coefficient (Wildman–Crippen LogP) is 0.837. The Morgan fingerprint density at radius 2 is 1.68 bits per heavy atom. The summed E-state index contributed by atoms with van der Waals surface area (Å²) in [4.78, 5) is 5.15. The third-order valence-electron chi connectivity index (χ3n) is 5.27. The number of nitrogens with zero attached hydrogens (tertiary/aromatic N) is 2. The molecule has 3 nitrogen and oxygen atoms in total. The van der Waals surface area contributed by atoms with E-state index in [4.69, 9.17) is 0 Å². The van der Waals surface area contributed by atoms with E-state index in [1.165, 1.54) is 18.7 Å². The Hall–Kier alpha value is -0.900. The maximum Gasteiger partial charge on any atom is 0.0676 e. The van der Waals surface area contributed by atoms with Gasteiger partial charge in [-0.3, -0.25) is 0 Å². The minimum atomic E-state index is -0.127. The molecular formula is C16H22N2O. The van der Waals surface area contributed by atoms with Crippen molar-refractivity contribution >= 4 is 0 Å². The van der Waals surface area contributed by atoms with Crippen LogP contribution in [0.5, 0.6) is 0 Å². The number of fused-ring (bicyclic) bond motifs is 1. The van der Waals surface area contributed by atoms with Crippen LogP contribution in [0, 0.1) is 11.3 Å². The third-order valence-corrected chi connectivity index (χ3v) is 5.27. The van der Waals surface area contributed by atoms with Crippen LogP contribution in [0.2, 0.25) is 0 Å². The van der Waals surface area contributed by atoms with Crippen LogP contribution in [0.15, 0.2) is 30.3 Å². The predicted molar refractivity (Wildman–Crippen MR) is 75.0 cm³/mol. The Morgan fingerprint density at radius 1 is 1.05 bits per heavy atom. The average Bonchev–Trinajstić information content (AvgIpc) is 2.65. The van der Waals surface area contributed by atoms with Gasteiger partial charge in [0.05, 0.1) is 6.10 Å². The summed E-state index contributed by atoms with van der Waals surface area (Å²) < 4.78 is 0. The van der Waals surface area contributed by atoms with Gasteiger partial charge in [-0.2, -0.15) is 0 Å². The van der Waals surface area contributed by atoms with Gasteiger partial charge < -0.3 is 14.9 Å². The normalized spacial score (nSPS) is 44.3. The molecule has 1 aromatic carbocycles. The average molecular weight is 258 g/mol. The summed E-state index contributed by atoms with van der Waals surface area (Å²) in [6.45, 7) is 6.67. The molecule has 3 heteroatoms. The van der Waals surface area contributed by atoms with Crippen molar-refractivity contribution in [3.63, 3.8) is 0 Å². The maximum atomic E-state index is 10.8. The molecule has 4 aliphatic rings. The van der Waals surface area contributed by atoms with E-state index in [0.717, 1.165) is 32.6 Å². The summed E-state index contributed by atoms with van der Waals surface area (Å²) in [5.41, 5.74) is 1.42. The van der Waals surface area contributed by atoms with Crippen LogP contribution in [0.4, 0.5) is 0 Å². The lowest BCUT2D eigenvalue weighted by Crippen LogP contribution is -2.64. The van der Waals surface area contributed by atoms with Gasteiger partial charge in [0.25, 0.3) is 0 Å². The third kappa shape index (κ3) is 1.92. The zero-order valence-corrected chi connectivity index (χ0v) is 11.3. The van der Waals surface area contributed by atoms with Gasteiger partial charge >= 0.3 is 0 Å². The number of benzene rings is 1. The highest BCUT2D eigenvalue weighted by atomic mass is 16.3. The Labute approximate surface area is 114 Å². The first-order chi connectivity index (χ1) is 9.25. The molecule has 4 bridgehead atoms. The highest BCUT2D eigenvalue weighted by Gasteiger charge is 2.53. The van der Waals surface area contributed by atoms with E-state index < -0.39 is 0 Å². The number of hydrogen-bond donors (Lipinski definition) is 1. The molecule has 0 aliphatic carbocycles. The molecule has 102 valence electrons. The fourth-order valence-electron chi connectivity index (χ4n) is 4.52. The van der Waals surface area contributed by atoms with Crippen molar-refractivity contribution in [2.75, 3.05) is 39.3 Å². The van der Waals surface area contributed by atoms with Gasteiger partial charge in [-0.25, -0.2) is 0 Å². The van der Waals surface area contributed by atoms with Crippen LogP contribution < -0.4 is 0 Å². The van der Waals surface area contributed by atoms with Gasteiger partial charge in [-0.05, 0) is 12.0 Å². The highest BCUT2D eigenvalue weighted by molar-refractivity contribution is 5.20. The molecule has 4 aliphatic heterocycles. The molecular weight excluding hydrogens is 236 g/mol. The van der Waals surface area contributed by atoms with Gasteiger partial charge in [-0.1, -0.05) is 30.3 Å². The van der Waals surface area contributed by atoms with Gasteiger partial charge in [0.1, 0.15) is 0 Å². The number of rotatable bonds is 2. The Morgan fingerprint density at radius 3 is 2.32 bits per heavy atom. The Bertz CT molecular complexity index is 445. The first kappa shape index (κ1) is 11.9. The molecule has 1 N–H and O–H groups in total. The second-order valence-corrected chi connectivity index (χ2v) is 6.70. The van der Waals surface area contributed by atoms with Crippen LogP contribution in [0.3, 0.4) is 0 Å². The van der Waals surface area contributed by atoms with E-state index in [1.807, 2.05) is 0 Å². The maximum absolute atomic E-state index is 10.8. The molecule has 1 aromatic rings. The van der Waals surface area contributed by atoms with Gasteiger partial charge in [0, 0.05) is 50.6 Å². The van der Waals surface area contributed by atoms with Gasteiger partial charge in [0.15, 0.2) is 0 Å². The molecule has 0 radical (unpaired) electrons.